The van der Waals surface area contributed by atoms with Crippen LogP contribution >= 0.6 is 22.7 Å². The smallest absolute Gasteiger partial charge is 0.338 e. The number of rotatable bonds is 6. The second-order valence-electron chi connectivity index (χ2n) is 7.68. The molecule has 0 fully saturated rings. The molecule has 0 aliphatic rings. The van der Waals surface area contributed by atoms with E-state index in [0.717, 1.165) is 31.3 Å². The molecule has 4 nitrogen and oxygen atoms in total. The summed E-state index contributed by atoms with van der Waals surface area (Å²) in [5.41, 5.74) is 4.00. The molecule has 0 N–H and O–H groups in total. The van der Waals surface area contributed by atoms with Gasteiger partial charge in [0.05, 0.1) is 24.3 Å². The van der Waals surface area contributed by atoms with E-state index in [1.165, 1.54) is 0 Å². The van der Waals surface area contributed by atoms with Gasteiger partial charge in [-0.15, -0.1) is 22.7 Å². The summed E-state index contributed by atoms with van der Waals surface area (Å²) in [5, 5.41) is 6.11. The van der Waals surface area contributed by atoms with Gasteiger partial charge in [0.1, 0.15) is 0 Å². The van der Waals surface area contributed by atoms with Crippen LogP contribution in [0.1, 0.15) is 34.6 Å². The zero-order chi connectivity index (χ0) is 23.7. The third-order valence-corrected chi connectivity index (χ3v) is 7.62. The molecule has 0 spiro atoms. The van der Waals surface area contributed by atoms with Crippen molar-refractivity contribution in [3.63, 3.8) is 0 Å². The molecule has 0 saturated heterocycles. The predicted molar refractivity (Wildman–Crippen MR) is 140 cm³/mol. The first-order valence-corrected chi connectivity index (χ1v) is 12.8. The van der Waals surface area contributed by atoms with Crippen LogP contribution in [0.15, 0.2) is 71.4 Å². The first-order valence-electron chi connectivity index (χ1n) is 11.1. The van der Waals surface area contributed by atoms with E-state index in [9.17, 15) is 9.59 Å². The molecule has 6 heteroatoms. The lowest BCUT2D eigenvalue weighted by Crippen LogP contribution is -2.11. The molecule has 0 aliphatic heterocycles. The normalized spacial score (nSPS) is 11.1. The van der Waals surface area contributed by atoms with Crippen molar-refractivity contribution in [1.82, 2.24) is 0 Å². The largest absolute Gasteiger partial charge is 0.462 e. The van der Waals surface area contributed by atoms with Crippen molar-refractivity contribution in [3.05, 3.63) is 82.6 Å². The molecule has 170 valence electrons. The minimum atomic E-state index is -0.413. The van der Waals surface area contributed by atoms with E-state index in [2.05, 4.69) is 0 Å². The molecule has 0 unspecified atom stereocenters. The topological polar surface area (TPSA) is 52.6 Å². The van der Waals surface area contributed by atoms with Crippen LogP contribution in [0.5, 0.6) is 0 Å². The van der Waals surface area contributed by atoms with Gasteiger partial charge in [0.25, 0.3) is 0 Å². The van der Waals surface area contributed by atoms with E-state index >= 15 is 0 Å². The van der Waals surface area contributed by atoms with Gasteiger partial charge in [-0.2, -0.15) is 0 Å². The van der Waals surface area contributed by atoms with E-state index in [1.54, 1.807) is 48.7 Å². The van der Waals surface area contributed by atoms with Crippen molar-refractivity contribution in [2.45, 2.75) is 13.8 Å². The maximum atomic E-state index is 13.2. The minimum Gasteiger partial charge on any atom is -0.462 e. The molecule has 0 radical (unpaired) electrons. The Balaban J connectivity index is 1.82. The SMILES string of the molecule is CCOC(=O)c1cc(-c2csc3ccccc23)c(C(=O)OCC)cc1-c1csc2ccccc12. The Morgan fingerprint density at radius 2 is 1.06 bits per heavy atom. The number of hydrogen-bond acceptors (Lipinski definition) is 6. The lowest BCUT2D eigenvalue weighted by Gasteiger charge is -2.15. The third kappa shape index (κ3) is 3.89. The molecular formula is C28H22O4S2. The average Bonchev–Trinajstić information content (AvgIpc) is 3.48. The Bertz CT molecular complexity index is 1410. The van der Waals surface area contributed by atoms with Gasteiger partial charge in [-0.05, 0) is 60.0 Å². The highest BCUT2D eigenvalue weighted by molar-refractivity contribution is 7.18. The first-order chi connectivity index (χ1) is 16.6. The number of esters is 2. The summed E-state index contributed by atoms with van der Waals surface area (Å²) in [5.74, 6) is -0.826. The van der Waals surface area contributed by atoms with E-state index in [0.29, 0.717) is 22.3 Å². The molecule has 5 rings (SSSR count). The summed E-state index contributed by atoms with van der Waals surface area (Å²) in [7, 11) is 0. The second kappa shape index (κ2) is 9.41. The lowest BCUT2D eigenvalue weighted by molar-refractivity contribution is 0.0513. The highest BCUT2D eigenvalue weighted by Crippen LogP contribution is 2.42. The molecule has 0 saturated carbocycles. The van der Waals surface area contributed by atoms with Crippen LogP contribution in [0.25, 0.3) is 42.4 Å². The molecular weight excluding hydrogens is 464 g/mol. The number of carbonyl (C=O) groups is 2. The highest BCUT2D eigenvalue weighted by Gasteiger charge is 2.25. The van der Waals surface area contributed by atoms with Gasteiger partial charge < -0.3 is 9.47 Å². The molecule has 0 bridgehead atoms. The summed E-state index contributed by atoms with van der Waals surface area (Å²) < 4.78 is 13.1. The van der Waals surface area contributed by atoms with Gasteiger partial charge in [-0.1, -0.05) is 36.4 Å². The lowest BCUT2D eigenvalue weighted by atomic mass is 9.90. The number of thiophene rings is 2. The Morgan fingerprint density at radius 3 is 1.47 bits per heavy atom. The first kappa shape index (κ1) is 22.3. The Labute approximate surface area is 205 Å². The van der Waals surface area contributed by atoms with E-state index in [4.69, 9.17) is 9.47 Å². The number of benzene rings is 3. The van der Waals surface area contributed by atoms with Crippen LogP contribution in [0.3, 0.4) is 0 Å². The van der Waals surface area contributed by atoms with E-state index in [-0.39, 0.29) is 13.2 Å². The van der Waals surface area contributed by atoms with Crippen LogP contribution in [0, 0.1) is 0 Å². The van der Waals surface area contributed by atoms with Crippen molar-refractivity contribution in [3.8, 4) is 22.3 Å². The van der Waals surface area contributed by atoms with Gasteiger partial charge in [-0.3, -0.25) is 0 Å². The van der Waals surface area contributed by atoms with E-state index < -0.39 is 11.9 Å². The van der Waals surface area contributed by atoms with Gasteiger partial charge in [0, 0.05) is 31.3 Å². The zero-order valence-electron chi connectivity index (χ0n) is 18.8. The summed E-state index contributed by atoms with van der Waals surface area (Å²) in [4.78, 5) is 26.3. The maximum Gasteiger partial charge on any atom is 0.338 e. The summed E-state index contributed by atoms with van der Waals surface area (Å²) >= 11 is 3.21. The van der Waals surface area contributed by atoms with Gasteiger partial charge in [-0.25, -0.2) is 9.59 Å². The van der Waals surface area contributed by atoms with Crippen molar-refractivity contribution >= 4 is 54.8 Å². The van der Waals surface area contributed by atoms with Crippen molar-refractivity contribution in [1.29, 1.82) is 0 Å². The van der Waals surface area contributed by atoms with Gasteiger partial charge in [0.15, 0.2) is 0 Å². The minimum absolute atomic E-state index is 0.263. The number of fused-ring (bicyclic) bond motifs is 2. The van der Waals surface area contributed by atoms with Crippen molar-refractivity contribution < 1.29 is 19.1 Å². The van der Waals surface area contributed by atoms with Crippen LogP contribution in [0.2, 0.25) is 0 Å². The summed E-state index contributed by atoms with van der Waals surface area (Å²) in [6, 6.07) is 19.7. The number of ether oxygens (including phenoxy) is 2. The van der Waals surface area contributed by atoms with Gasteiger partial charge >= 0.3 is 11.9 Å². The van der Waals surface area contributed by atoms with E-state index in [1.807, 2.05) is 59.3 Å². The standard InChI is InChI=1S/C28H22O4S2/c1-3-31-27(29)21-13-20(24-16-34-26-12-8-6-10-18(24)26)22(28(30)32-4-2)14-19(21)23-15-33-25-11-7-5-9-17(23)25/h5-16H,3-4H2,1-2H3. The van der Waals surface area contributed by atoms with Crippen LogP contribution in [0.4, 0.5) is 0 Å². The molecule has 34 heavy (non-hydrogen) atoms. The molecule has 3 aromatic carbocycles. The van der Waals surface area contributed by atoms with Crippen LogP contribution < -0.4 is 0 Å². The maximum absolute atomic E-state index is 13.2. The monoisotopic (exact) mass is 486 g/mol. The van der Waals surface area contributed by atoms with Crippen molar-refractivity contribution in [2.24, 2.45) is 0 Å². The number of hydrogen-bond donors (Lipinski definition) is 0. The molecule has 0 atom stereocenters. The molecule has 0 aliphatic carbocycles. The van der Waals surface area contributed by atoms with Crippen LogP contribution in [-0.4, -0.2) is 25.2 Å². The highest BCUT2D eigenvalue weighted by atomic mass is 32.1. The third-order valence-electron chi connectivity index (χ3n) is 5.69. The fourth-order valence-electron chi connectivity index (χ4n) is 4.17. The fourth-order valence-corrected chi connectivity index (χ4v) is 6.10. The second-order valence-corrected chi connectivity index (χ2v) is 9.50. The van der Waals surface area contributed by atoms with Crippen LogP contribution in [-0.2, 0) is 9.47 Å². The average molecular weight is 487 g/mol. The Kier molecular flexibility index (Phi) is 6.18. The summed E-state index contributed by atoms with van der Waals surface area (Å²) in [6.45, 7) is 4.10. The van der Waals surface area contributed by atoms with Crippen molar-refractivity contribution in [2.75, 3.05) is 13.2 Å². The fraction of sp³-hybridized carbons (Fsp3) is 0.143. The van der Waals surface area contributed by atoms with Gasteiger partial charge in [0.2, 0.25) is 0 Å². The zero-order valence-corrected chi connectivity index (χ0v) is 20.4. The Morgan fingerprint density at radius 1 is 0.647 bits per heavy atom. The molecule has 2 heterocycles. The molecule has 5 aromatic rings. The number of carbonyl (C=O) groups excluding carboxylic acids is 2. The summed E-state index contributed by atoms with van der Waals surface area (Å²) in [6.07, 6.45) is 0. The molecule has 2 aromatic heterocycles. The Hall–Kier alpha value is -3.48. The quantitative estimate of drug-likeness (QED) is 0.230. The predicted octanol–water partition coefficient (Wildman–Crippen LogP) is 7.80. The molecule has 0 amide bonds.